The Labute approximate surface area is 147 Å². The van der Waals surface area contributed by atoms with E-state index in [0.717, 1.165) is 4.88 Å². The van der Waals surface area contributed by atoms with E-state index >= 15 is 0 Å². The van der Waals surface area contributed by atoms with Gasteiger partial charge in [0, 0.05) is 0 Å². The molecule has 0 unspecified atom stereocenters. The number of aromatic amines is 1. The molecule has 1 amide bonds. The summed E-state index contributed by atoms with van der Waals surface area (Å²) in [5.74, 6) is 1.21. The number of nitrogens with zero attached hydrogens (tertiary/aromatic N) is 2. The second-order valence-electron chi connectivity index (χ2n) is 4.89. The minimum Gasteiger partial charge on any atom is -0.495 e. The van der Waals surface area contributed by atoms with Crippen molar-refractivity contribution in [2.75, 3.05) is 12.4 Å². The summed E-state index contributed by atoms with van der Waals surface area (Å²) in [5, 5.41) is 12.1. The van der Waals surface area contributed by atoms with Crippen molar-refractivity contribution in [3.05, 3.63) is 41.8 Å². The Balaban J connectivity index is 1.64. The first kappa shape index (κ1) is 16.5. The molecule has 0 bridgehead atoms. The van der Waals surface area contributed by atoms with E-state index < -0.39 is 0 Å². The number of thiophene rings is 1. The number of hydrogen-bond acceptors (Lipinski definition) is 6. The van der Waals surface area contributed by atoms with Crippen molar-refractivity contribution in [1.29, 1.82) is 0 Å². The third-order valence-electron chi connectivity index (χ3n) is 3.24. The average molecular weight is 360 g/mol. The summed E-state index contributed by atoms with van der Waals surface area (Å²) in [7, 11) is 1.57. The number of aromatic nitrogens is 3. The zero-order valence-corrected chi connectivity index (χ0v) is 14.8. The van der Waals surface area contributed by atoms with E-state index in [1.54, 1.807) is 30.6 Å². The molecule has 124 valence electrons. The Hall–Kier alpha value is -2.32. The molecule has 0 aliphatic carbocycles. The Kier molecular flexibility index (Phi) is 5.17. The van der Waals surface area contributed by atoms with Crippen LogP contribution in [0.25, 0.3) is 10.7 Å². The minimum absolute atomic E-state index is 0.132. The molecule has 2 aromatic heterocycles. The van der Waals surface area contributed by atoms with Crippen molar-refractivity contribution >= 4 is 34.7 Å². The fraction of sp³-hybridized carbons (Fsp3) is 0.188. The number of methoxy groups -OCH3 is 1. The molecule has 1 aromatic carbocycles. The van der Waals surface area contributed by atoms with Crippen LogP contribution in [0, 0.1) is 0 Å². The van der Waals surface area contributed by atoms with Crippen LogP contribution in [0.2, 0.25) is 0 Å². The highest BCUT2D eigenvalue weighted by molar-refractivity contribution is 8.00. The number of rotatable bonds is 6. The van der Waals surface area contributed by atoms with Gasteiger partial charge in [-0.3, -0.25) is 9.89 Å². The molecule has 2 heterocycles. The molecule has 24 heavy (non-hydrogen) atoms. The van der Waals surface area contributed by atoms with E-state index in [0.29, 0.717) is 22.4 Å². The molecule has 0 saturated carbocycles. The molecular weight excluding hydrogens is 344 g/mol. The lowest BCUT2D eigenvalue weighted by Gasteiger charge is -2.12. The van der Waals surface area contributed by atoms with E-state index in [9.17, 15) is 4.79 Å². The molecule has 0 aliphatic rings. The van der Waals surface area contributed by atoms with Gasteiger partial charge in [-0.1, -0.05) is 30.0 Å². The van der Waals surface area contributed by atoms with Crippen LogP contribution in [-0.4, -0.2) is 33.4 Å². The number of carbonyl (C=O) groups is 1. The maximum atomic E-state index is 12.4. The molecule has 2 N–H and O–H groups in total. The molecule has 0 spiro atoms. The van der Waals surface area contributed by atoms with Crippen LogP contribution in [0.3, 0.4) is 0 Å². The molecule has 0 saturated heterocycles. The fourth-order valence-corrected chi connectivity index (χ4v) is 3.40. The van der Waals surface area contributed by atoms with Gasteiger partial charge >= 0.3 is 0 Å². The molecule has 1 atom stereocenters. The number of H-pyrrole nitrogens is 1. The Morgan fingerprint density at radius 3 is 2.92 bits per heavy atom. The smallest absolute Gasteiger partial charge is 0.237 e. The van der Waals surface area contributed by atoms with Gasteiger partial charge in [-0.05, 0) is 30.5 Å². The van der Waals surface area contributed by atoms with Gasteiger partial charge in [0.1, 0.15) is 5.75 Å². The van der Waals surface area contributed by atoms with Gasteiger partial charge in [-0.25, -0.2) is 4.98 Å². The van der Waals surface area contributed by atoms with Gasteiger partial charge in [0.05, 0.1) is 22.9 Å². The van der Waals surface area contributed by atoms with Crippen LogP contribution >= 0.6 is 23.1 Å². The number of amides is 1. The second kappa shape index (κ2) is 7.50. The average Bonchev–Trinajstić information content (AvgIpc) is 3.26. The van der Waals surface area contributed by atoms with Gasteiger partial charge in [0.25, 0.3) is 0 Å². The van der Waals surface area contributed by atoms with E-state index in [2.05, 4.69) is 20.5 Å². The molecule has 0 aliphatic heterocycles. The maximum absolute atomic E-state index is 12.4. The van der Waals surface area contributed by atoms with Gasteiger partial charge < -0.3 is 10.1 Å². The lowest BCUT2D eigenvalue weighted by Crippen LogP contribution is -2.22. The van der Waals surface area contributed by atoms with Crippen LogP contribution in [0.4, 0.5) is 5.69 Å². The van der Waals surface area contributed by atoms with Crippen LogP contribution in [-0.2, 0) is 4.79 Å². The number of para-hydroxylation sites is 2. The number of hydrogen-bond donors (Lipinski definition) is 2. The summed E-state index contributed by atoms with van der Waals surface area (Å²) >= 11 is 2.89. The van der Waals surface area contributed by atoms with Crippen LogP contribution in [0.1, 0.15) is 6.92 Å². The first-order valence-electron chi connectivity index (χ1n) is 7.24. The summed E-state index contributed by atoms with van der Waals surface area (Å²) in [6.45, 7) is 1.82. The Bertz CT molecular complexity index is 817. The summed E-state index contributed by atoms with van der Waals surface area (Å²) in [6, 6.07) is 11.2. The van der Waals surface area contributed by atoms with Gasteiger partial charge in [-0.2, -0.15) is 0 Å². The van der Waals surface area contributed by atoms with Crippen molar-refractivity contribution < 1.29 is 9.53 Å². The third kappa shape index (κ3) is 3.77. The summed E-state index contributed by atoms with van der Waals surface area (Å²) in [6.07, 6.45) is 0. The highest BCUT2D eigenvalue weighted by atomic mass is 32.2. The zero-order valence-electron chi connectivity index (χ0n) is 13.1. The Morgan fingerprint density at radius 1 is 1.33 bits per heavy atom. The lowest BCUT2D eigenvalue weighted by molar-refractivity contribution is -0.115. The highest BCUT2D eigenvalue weighted by Crippen LogP contribution is 2.27. The number of thioether (sulfide) groups is 1. The summed E-state index contributed by atoms with van der Waals surface area (Å²) in [4.78, 5) is 17.8. The fourth-order valence-electron chi connectivity index (χ4n) is 2.02. The van der Waals surface area contributed by atoms with Gasteiger partial charge in [-0.15, -0.1) is 16.4 Å². The number of benzene rings is 1. The van der Waals surface area contributed by atoms with E-state index in [1.165, 1.54) is 11.8 Å². The van der Waals surface area contributed by atoms with Crippen LogP contribution in [0.5, 0.6) is 5.75 Å². The van der Waals surface area contributed by atoms with Crippen molar-refractivity contribution in [1.82, 2.24) is 15.2 Å². The van der Waals surface area contributed by atoms with Crippen molar-refractivity contribution in [3.63, 3.8) is 0 Å². The summed E-state index contributed by atoms with van der Waals surface area (Å²) in [5.41, 5.74) is 0.645. The Morgan fingerprint density at radius 2 is 2.17 bits per heavy atom. The van der Waals surface area contributed by atoms with E-state index in [-0.39, 0.29) is 11.2 Å². The van der Waals surface area contributed by atoms with Crippen molar-refractivity contribution in [2.24, 2.45) is 0 Å². The zero-order chi connectivity index (χ0) is 16.9. The monoisotopic (exact) mass is 360 g/mol. The first-order valence-corrected chi connectivity index (χ1v) is 9.00. The highest BCUT2D eigenvalue weighted by Gasteiger charge is 2.19. The number of ether oxygens (including phenoxy) is 1. The number of nitrogens with one attached hydrogen (secondary N) is 2. The third-order valence-corrected chi connectivity index (χ3v) is 5.07. The topological polar surface area (TPSA) is 79.9 Å². The predicted molar refractivity (Wildman–Crippen MR) is 96.6 cm³/mol. The van der Waals surface area contributed by atoms with E-state index in [1.807, 2.05) is 36.6 Å². The summed E-state index contributed by atoms with van der Waals surface area (Å²) < 4.78 is 5.24. The first-order chi connectivity index (χ1) is 11.7. The van der Waals surface area contributed by atoms with Gasteiger partial charge in [0.15, 0.2) is 5.82 Å². The molecule has 0 fully saturated rings. The molecular formula is C16H16N4O2S2. The molecule has 0 radical (unpaired) electrons. The standard InChI is InChI=1S/C16H16N4O2S2/c1-10(15(21)17-11-6-3-4-7-12(11)22-2)24-16-18-14(19-20-16)13-8-5-9-23-13/h3-10H,1-2H3,(H,17,21)(H,18,19,20)/t10-/m0/s1. The number of carbonyl (C=O) groups excluding carboxylic acids is 1. The molecule has 3 rings (SSSR count). The quantitative estimate of drug-likeness (QED) is 0.656. The van der Waals surface area contributed by atoms with E-state index in [4.69, 9.17) is 4.74 Å². The molecule has 8 heteroatoms. The maximum Gasteiger partial charge on any atom is 0.237 e. The predicted octanol–water partition coefficient (Wildman–Crippen LogP) is 3.66. The lowest BCUT2D eigenvalue weighted by atomic mass is 10.3. The molecule has 6 nitrogen and oxygen atoms in total. The van der Waals surface area contributed by atoms with Crippen LogP contribution in [0.15, 0.2) is 46.9 Å². The SMILES string of the molecule is COc1ccccc1NC(=O)[C@H](C)Sc1n[nH]c(-c2cccs2)n1. The van der Waals surface area contributed by atoms with Crippen LogP contribution < -0.4 is 10.1 Å². The normalized spacial score (nSPS) is 11.9. The van der Waals surface area contributed by atoms with Crippen molar-refractivity contribution in [2.45, 2.75) is 17.3 Å². The second-order valence-corrected chi connectivity index (χ2v) is 7.15. The molecule has 3 aromatic rings. The van der Waals surface area contributed by atoms with Gasteiger partial charge in [0.2, 0.25) is 11.1 Å². The minimum atomic E-state index is -0.345. The number of anilines is 1. The largest absolute Gasteiger partial charge is 0.495 e. The van der Waals surface area contributed by atoms with Crippen molar-refractivity contribution in [3.8, 4) is 16.5 Å².